The number of ether oxygens (including phenoxy) is 1. The highest BCUT2D eigenvalue weighted by Crippen LogP contribution is 2.46. The van der Waals surface area contributed by atoms with Gasteiger partial charge in [0.05, 0.1) is 18.4 Å². The summed E-state index contributed by atoms with van der Waals surface area (Å²) in [4.78, 5) is 7.05. The number of aryl methyl sites for hydroxylation is 1. The normalized spacial score (nSPS) is 25.3. The molecule has 2 saturated heterocycles. The van der Waals surface area contributed by atoms with Gasteiger partial charge >= 0.3 is 0 Å². The summed E-state index contributed by atoms with van der Waals surface area (Å²) in [5.41, 5.74) is 2.11. The topological polar surface area (TPSA) is 25.4 Å². The first-order chi connectivity index (χ1) is 9.56. The van der Waals surface area contributed by atoms with Crippen LogP contribution in [0.3, 0.4) is 0 Å². The molecule has 3 heterocycles. The van der Waals surface area contributed by atoms with Crippen molar-refractivity contribution in [3.8, 4) is 0 Å². The van der Waals surface area contributed by atoms with Crippen molar-refractivity contribution in [3.05, 3.63) is 29.6 Å². The Hall–Kier alpha value is -0.580. The number of rotatable bonds is 4. The van der Waals surface area contributed by atoms with E-state index in [4.69, 9.17) is 4.74 Å². The second kappa shape index (κ2) is 5.66. The average molecular weight is 292 g/mol. The summed E-state index contributed by atoms with van der Waals surface area (Å²) in [6.45, 7) is 9.71. The highest BCUT2D eigenvalue weighted by Gasteiger charge is 2.49. The predicted octanol–water partition coefficient (Wildman–Crippen LogP) is 2.87. The van der Waals surface area contributed by atoms with Gasteiger partial charge in [-0.15, -0.1) is 11.8 Å². The fourth-order valence-corrected chi connectivity index (χ4v) is 4.64. The van der Waals surface area contributed by atoms with Gasteiger partial charge < -0.3 is 4.74 Å². The van der Waals surface area contributed by atoms with E-state index in [0.29, 0.717) is 23.5 Å². The van der Waals surface area contributed by atoms with Gasteiger partial charge in [-0.05, 0) is 39.3 Å². The summed E-state index contributed by atoms with van der Waals surface area (Å²) < 4.78 is 6.55. The third-order valence-electron chi connectivity index (χ3n) is 4.30. The maximum atomic E-state index is 6.07. The lowest BCUT2D eigenvalue weighted by Crippen LogP contribution is -2.60. The maximum Gasteiger partial charge on any atom is 0.0892 e. The van der Waals surface area contributed by atoms with Crippen LogP contribution in [0.25, 0.3) is 0 Å². The summed E-state index contributed by atoms with van der Waals surface area (Å²) in [6.07, 6.45) is 1.60. The zero-order chi connectivity index (χ0) is 14.2. The molecule has 1 spiro atoms. The van der Waals surface area contributed by atoms with E-state index in [9.17, 15) is 0 Å². The molecule has 1 aromatic heterocycles. The van der Waals surface area contributed by atoms with E-state index >= 15 is 0 Å². The number of likely N-dealkylation sites (tertiary alicyclic amines) is 1. The Morgan fingerprint density at radius 2 is 2.25 bits per heavy atom. The molecule has 20 heavy (non-hydrogen) atoms. The van der Waals surface area contributed by atoms with E-state index in [2.05, 4.69) is 47.6 Å². The molecule has 2 aliphatic heterocycles. The molecule has 3 rings (SSSR count). The summed E-state index contributed by atoms with van der Waals surface area (Å²) in [5.74, 6) is 1.14. The molecule has 0 amide bonds. The van der Waals surface area contributed by atoms with Gasteiger partial charge in [-0.25, -0.2) is 0 Å². The Bertz CT molecular complexity index is 471. The van der Waals surface area contributed by atoms with Crippen LogP contribution in [-0.4, -0.2) is 45.6 Å². The van der Waals surface area contributed by atoms with Crippen molar-refractivity contribution in [1.82, 2.24) is 9.88 Å². The third-order valence-corrected chi connectivity index (χ3v) is 5.88. The summed E-state index contributed by atoms with van der Waals surface area (Å²) >= 11 is 2.11. The van der Waals surface area contributed by atoms with Crippen molar-refractivity contribution in [1.29, 1.82) is 0 Å². The van der Waals surface area contributed by atoms with Gasteiger partial charge in [-0.1, -0.05) is 6.07 Å². The van der Waals surface area contributed by atoms with Crippen LogP contribution in [0, 0.1) is 6.92 Å². The Labute approximate surface area is 126 Å². The number of pyridine rings is 1. The molecule has 1 unspecified atom stereocenters. The molecular formula is C16H24N2OS. The van der Waals surface area contributed by atoms with E-state index < -0.39 is 0 Å². The number of hydrogen-bond acceptors (Lipinski definition) is 4. The Balaban J connectivity index is 1.47. The summed E-state index contributed by atoms with van der Waals surface area (Å²) in [5, 5.41) is 0. The van der Waals surface area contributed by atoms with Gasteiger partial charge in [0, 0.05) is 35.3 Å². The first-order valence-electron chi connectivity index (χ1n) is 7.48. The summed E-state index contributed by atoms with van der Waals surface area (Å²) in [7, 11) is 0. The fourth-order valence-electron chi connectivity index (χ4n) is 3.07. The number of aromatic nitrogens is 1. The van der Waals surface area contributed by atoms with Gasteiger partial charge in [0.15, 0.2) is 0 Å². The van der Waals surface area contributed by atoms with Crippen molar-refractivity contribution >= 4 is 11.8 Å². The van der Waals surface area contributed by atoms with Crippen LogP contribution in [0.1, 0.15) is 31.7 Å². The minimum atomic E-state index is 0.400. The van der Waals surface area contributed by atoms with E-state index in [1.807, 2.05) is 13.0 Å². The largest absolute Gasteiger partial charge is 0.371 e. The van der Waals surface area contributed by atoms with E-state index in [0.717, 1.165) is 17.1 Å². The molecule has 0 N–H and O–H groups in total. The van der Waals surface area contributed by atoms with Crippen LogP contribution in [-0.2, 0) is 11.3 Å². The van der Waals surface area contributed by atoms with Crippen LogP contribution in [0.15, 0.2) is 18.2 Å². The van der Waals surface area contributed by atoms with E-state index in [1.54, 1.807) is 0 Å². The Morgan fingerprint density at radius 3 is 2.95 bits per heavy atom. The third kappa shape index (κ3) is 3.02. The van der Waals surface area contributed by atoms with Crippen LogP contribution in [0.4, 0.5) is 0 Å². The molecule has 0 radical (unpaired) electrons. The maximum absolute atomic E-state index is 6.07. The Morgan fingerprint density at radius 1 is 1.45 bits per heavy atom. The van der Waals surface area contributed by atoms with Gasteiger partial charge in [0.25, 0.3) is 0 Å². The zero-order valence-corrected chi connectivity index (χ0v) is 13.4. The molecule has 4 heteroatoms. The number of thioether (sulfide) groups is 1. The molecular weight excluding hydrogens is 268 g/mol. The zero-order valence-electron chi connectivity index (χ0n) is 12.6. The minimum Gasteiger partial charge on any atom is -0.371 e. The minimum absolute atomic E-state index is 0.400. The first-order valence-corrected chi connectivity index (χ1v) is 8.47. The second-order valence-electron chi connectivity index (χ2n) is 6.40. The molecule has 0 bridgehead atoms. The van der Waals surface area contributed by atoms with Crippen LogP contribution >= 0.6 is 11.8 Å². The molecule has 0 saturated carbocycles. The van der Waals surface area contributed by atoms with Crippen molar-refractivity contribution in [2.75, 3.05) is 18.8 Å². The van der Waals surface area contributed by atoms with Crippen molar-refractivity contribution in [3.63, 3.8) is 0 Å². The van der Waals surface area contributed by atoms with Crippen molar-refractivity contribution < 1.29 is 4.74 Å². The van der Waals surface area contributed by atoms with Crippen molar-refractivity contribution in [2.24, 2.45) is 0 Å². The average Bonchev–Trinajstić information content (AvgIpc) is 2.79. The molecule has 0 aliphatic carbocycles. The highest BCUT2D eigenvalue weighted by molar-refractivity contribution is 8.01. The smallest absolute Gasteiger partial charge is 0.0892 e. The molecule has 2 aliphatic rings. The highest BCUT2D eigenvalue weighted by atomic mass is 32.2. The SMILES string of the molecule is Cc1cccc(COC2CSC3(C2)CN(C(C)C)C3)n1. The van der Waals surface area contributed by atoms with E-state index in [1.165, 1.54) is 19.5 Å². The first kappa shape index (κ1) is 14.4. The molecule has 2 fully saturated rings. The van der Waals surface area contributed by atoms with E-state index in [-0.39, 0.29) is 0 Å². The number of nitrogens with zero attached hydrogens (tertiary/aromatic N) is 2. The second-order valence-corrected chi connectivity index (χ2v) is 7.89. The van der Waals surface area contributed by atoms with Crippen LogP contribution in [0.5, 0.6) is 0 Å². The lowest BCUT2D eigenvalue weighted by atomic mass is 9.92. The standard InChI is InChI=1S/C16H24N2OS/c1-12(2)18-10-16(11-18)7-15(9-20-16)19-8-14-6-4-5-13(3)17-14/h4-6,12,15H,7-11H2,1-3H3. The lowest BCUT2D eigenvalue weighted by Gasteiger charge is -2.49. The van der Waals surface area contributed by atoms with Gasteiger partial charge in [-0.3, -0.25) is 9.88 Å². The lowest BCUT2D eigenvalue weighted by molar-refractivity contribution is 0.0194. The quantitative estimate of drug-likeness (QED) is 0.852. The van der Waals surface area contributed by atoms with Gasteiger partial charge in [-0.2, -0.15) is 0 Å². The van der Waals surface area contributed by atoms with Gasteiger partial charge in [0.2, 0.25) is 0 Å². The predicted molar refractivity (Wildman–Crippen MR) is 84.1 cm³/mol. The molecule has 0 aromatic carbocycles. The van der Waals surface area contributed by atoms with Crippen molar-refractivity contribution in [2.45, 2.75) is 50.7 Å². The Kier molecular flexibility index (Phi) is 4.07. The molecule has 110 valence electrons. The van der Waals surface area contributed by atoms with Gasteiger partial charge in [0.1, 0.15) is 0 Å². The molecule has 1 aromatic rings. The molecule has 1 atom stereocenters. The van der Waals surface area contributed by atoms with Crippen LogP contribution in [0.2, 0.25) is 0 Å². The molecule has 3 nitrogen and oxygen atoms in total. The van der Waals surface area contributed by atoms with Crippen LogP contribution < -0.4 is 0 Å². The summed E-state index contributed by atoms with van der Waals surface area (Å²) in [6, 6.07) is 6.81. The fraction of sp³-hybridized carbons (Fsp3) is 0.688. The number of hydrogen-bond donors (Lipinski definition) is 0. The monoisotopic (exact) mass is 292 g/mol.